The van der Waals surface area contributed by atoms with Crippen LogP contribution in [0.25, 0.3) is 0 Å². The summed E-state index contributed by atoms with van der Waals surface area (Å²) in [5.41, 5.74) is 3.26. The molecule has 0 heteroatoms. The van der Waals surface area contributed by atoms with Crippen molar-refractivity contribution in [3.63, 3.8) is 0 Å². The lowest BCUT2D eigenvalue weighted by atomic mass is 9.98. The van der Waals surface area contributed by atoms with E-state index in [9.17, 15) is 0 Å². The predicted octanol–water partition coefficient (Wildman–Crippen LogP) is 3.70. The van der Waals surface area contributed by atoms with Crippen LogP contribution in [0.4, 0.5) is 0 Å². The van der Waals surface area contributed by atoms with Crippen LogP contribution in [0, 0.1) is 5.92 Å². The van der Waals surface area contributed by atoms with E-state index in [1.54, 1.807) is 11.1 Å². The molecule has 0 amide bonds. The smallest absolute Gasteiger partial charge is 0.00427 e. The molecule has 0 N–H and O–H groups in total. The maximum Gasteiger partial charge on any atom is -0.00427 e. The molecule has 0 heterocycles. The standard InChI is InChI=1S/C11H18/c1-4-6-10-8-7-9(3)11(10)5-2/h7-9H,4-6H2,1-3H3. The molecule has 0 aromatic heterocycles. The summed E-state index contributed by atoms with van der Waals surface area (Å²) < 4.78 is 0. The van der Waals surface area contributed by atoms with Crippen molar-refractivity contribution in [1.82, 2.24) is 0 Å². The van der Waals surface area contributed by atoms with Crippen LogP contribution in [0.1, 0.15) is 40.0 Å². The minimum absolute atomic E-state index is 0.710. The first-order chi connectivity index (χ1) is 5.29. The van der Waals surface area contributed by atoms with Crippen LogP contribution < -0.4 is 0 Å². The van der Waals surface area contributed by atoms with Gasteiger partial charge in [-0.25, -0.2) is 0 Å². The fraction of sp³-hybridized carbons (Fsp3) is 0.636. The minimum Gasteiger partial charge on any atom is -0.0773 e. The summed E-state index contributed by atoms with van der Waals surface area (Å²) in [5.74, 6) is 0.710. The zero-order valence-corrected chi connectivity index (χ0v) is 7.85. The lowest BCUT2D eigenvalue weighted by Crippen LogP contribution is -1.92. The van der Waals surface area contributed by atoms with Crippen molar-refractivity contribution in [2.45, 2.75) is 40.0 Å². The molecule has 0 saturated heterocycles. The molecule has 62 valence electrons. The van der Waals surface area contributed by atoms with Crippen molar-refractivity contribution < 1.29 is 0 Å². The molecule has 1 atom stereocenters. The van der Waals surface area contributed by atoms with Gasteiger partial charge < -0.3 is 0 Å². The Morgan fingerprint density at radius 2 is 2.09 bits per heavy atom. The van der Waals surface area contributed by atoms with Crippen molar-refractivity contribution >= 4 is 0 Å². The molecule has 0 fully saturated rings. The van der Waals surface area contributed by atoms with Gasteiger partial charge in [-0.1, -0.05) is 44.9 Å². The SMILES string of the molecule is CCCC1=C(CC)C(C)C=C1. The molecule has 1 rings (SSSR count). The third-order valence-electron chi connectivity index (χ3n) is 2.45. The highest BCUT2D eigenvalue weighted by Gasteiger charge is 2.13. The van der Waals surface area contributed by atoms with Crippen molar-refractivity contribution in [3.05, 3.63) is 23.3 Å². The Bertz CT molecular complexity index is 184. The number of hydrogen-bond donors (Lipinski definition) is 0. The van der Waals surface area contributed by atoms with Crippen molar-refractivity contribution in [2.24, 2.45) is 5.92 Å². The van der Waals surface area contributed by atoms with Gasteiger partial charge in [-0.05, 0) is 24.3 Å². The van der Waals surface area contributed by atoms with E-state index in [1.807, 2.05) is 0 Å². The first-order valence-electron chi connectivity index (χ1n) is 4.69. The highest BCUT2D eigenvalue weighted by atomic mass is 14.2. The molecule has 0 radical (unpaired) electrons. The van der Waals surface area contributed by atoms with Gasteiger partial charge in [0.15, 0.2) is 0 Å². The number of rotatable bonds is 3. The molecule has 0 aromatic rings. The Morgan fingerprint density at radius 3 is 2.64 bits per heavy atom. The Morgan fingerprint density at radius 1 is 1.36 bits per heavy atom. The quantitative estimate of drug-likeness (QED) is 0.575. The average molecular weight is 150 g/mol. The molecule has 1 unspecified atom stereocenters. The van der Waals surface area contributed by atoms with E-state index in [4.69, 9.17) is 0 Å². The van der Waals surface area contributed by atoms with E-state index in [0.717, 1.165) is 0 Å². The lowest BCUT2D eigenvalue weighted by molar-refractivity contribution is 0.800. The summed E-state index contributed by atoms with van der Waals surface area (Å²) >= 11 is 0. The van der Waals surface area contributed by atoms with Crippen LogP contribution in [0.3, 0.4) is 0 Å². The molecular formula is C11H18. The molecule has 1 aliphatic rings. The van der Waals surface area contributed by atoms with E-state index >= 15 is 0 Å². The zero-order valence-electron chi connectivity index (χ0n) is 7.85. The van der Waals surface area contributed by atoms with Crippen LogP contribution in [-0.2, 0) is 0 Å². The fourth-order valence-electron chi connectivity index (χ4n) is 1.84. The third-order valence-corrected chi connectivity index (χ3v) is 2.45. The van der Waals surface area contributed by atoms with E-state index in [-0.39, 0.29) is 0 Å². The summed E-state index contributed by atoms with van der Waals surface area (Å²) in [4.78, 5) is 0. The van der Waals surface area contributed by atoms with Crippen LogP contribution in [-0.4, -0.2) is 0 Å². The van der Waals surface area contributed by atoms with Crippen molar-refractivity contribution in [3.8, 4) is 0 Å². The second-order valence-corrected chi connectivity index (χ2v) is 3.30. The van der Waals surface area contributed by atoms with Gasteiger partial charge in [0.2, 0.25) is 0 Å². The topological polar surface area (TPSA) is 0 Å². The van der Waals surface area contributed by atoms with Gasteiger partial charge in [-0.2, -0.15) is 0 Å². The lowest BCUT2D eigenvalue weighted by Gasteiger charge is -2.07. The summed E-state index contributed by atoms with van der Waals surface area (Å²) in [6, 6.07) is 0. The first-order valence-corrected chi connectivity index (χ1v) is 4.69. The highest BCUT2D eigenvalue weighted by molar-refractivity contribution is 5.35. The van der Waals surface area contributed by atoms with Gasteiger partial charge in [-0.3, -0.25) is 0 Å². The van der Waals surface area contributed by atoms with E-state index in [1.165, 1.54) is 19.3 Å². The number of hydrogen-bond acceptors (Lipinski definition) is 0. The first kappa shape index (κ1) is 8.58. The van der Waals surface area contributed by atoms with E-state index in [0.29, 0.717) is 5.92 Å². The van der Waals surface area contributed by atoms with E-state index in [2.05, 4.69) is 32.9 Å². The average Bonchev–Trinajstić information content (AvgIpc) is 2.33. The highest BCUT2D eigenvalue weighted by Crippen LogP contribution is 2.29. The molecule has 0 saturated carbocycles. The van der Waals surface area contributed by atoms with Crippen LogP contribution in [0.2, 0.25) is 0 Å². The van der Waals surface area contributed by atoms with Crippen LogP contribution in [0.5, 0.6) is 0 Å². The van der Waals surface area contributed by atoms with Gasteiger partial charge >= 0.3 is 0 Å². The Balaban J connectivity index is 2.70. The largest absolute Gasteiger partial charge is 0.0773 e. The Labute approximate surface area is 70.0 Å². The normalized spacial score (nSPS) is 23.4. The molecule has 0 aliphatic heterocycles. The van der Waals surface area contributed by atoms with Crippen LogP contribution >= 0.6 is 0 Å². The summed E-state index contributed by atoms with van der Waals surface area (Å²) in [6.07, 6.45) is 8.40. The molecule has 11 heavy (non-hydrogen) atoms. The third kappa shape index (κ3) is 1.74. The van der Waals surface area contributed by atoms with Crippen molar-refractivity contribution in [2.75, 3.05) is 0 Å². The monoisotopic (exact) mass is 150 g/mol. The molecule has 0 aromatic carbocycles. The zero-order chi connectivity index (χ0) is 8.27. The maximum atomic E-state index is 2.32. The second-order valence-electron chi connectivity index (χ2n) is 3.30. The molecule has 1 aliphatic carbocycles. The van der Waals surface area contributed by atoms with Crippen molar-refractivity contribution in [1.29, 1.82) is 0 Å². The Hall–Kier alpha value is -0.520. The molecule has 0 bridgehead atoms. The van der Waals surface area contributed by atoms with Gasteiger partial charge in [-0.15, -0.1) is 0 Å². The molecule has 0 nitrogen and oxygen atoms in total. The summed E-state index contributed by atoms with van der Waals surface area (Å²) in [6.45, 7) is 6.80. The summed E-state index contributed by atoms with van der Waals surface area (Å²) in [7, 11) is 0. The predicted molar refractivity (Wildman–Crippen MR) is 50.5 cm³/mol. The summed E-state index contributed by atoms with van der Waals surface area (Å²) in [5, 5.41) is 0. The van der Waals surface area contributed by atoms with Gasteiger partial charge in [0.05, 0.1) is 0 Å². The maximum absolute atomic E-state index is 2.32. The van der Waals surface area contributed by atoms with Crippen LogP contribution in [0.15, 0.2) is 23.3 Å². The van der Waals surface area contributed by atoms with E-state index < -0.39 is 0 Å². The second kappa shape index (κ2) is 3.75. The van der Waals surface area contributed by atoms with Gasteiger partial charge in [0.25, 0.3) is 0 Å². The van der Waals surface area contributed by atoms with Gasteiger partial charge in [0.1, 0.15) is 0 Å². The molecule has 0 spiro atoms. The van der Waals surface area contributed by atoms with Gasteiger partial charge in [0, 0.05) is 0 Å². The minimum atomic E-state index is 0.710. The Kier molecular flexibility index (Phi) is 2.92. The fourth-order valence-corrected chi connectivity index (χ4v) is 1.84. The number of allylic oxidation sites excluding steroid dienone is 4. The molecular weight excluding hydrogens is 132 g/mol.